The number of benzene rings is 2. The molecule has 0 radical (unpaired) electrons. The molecule has 0 bridgehead atoms. The zero-order valence-corrected chi connectivity index (χ0v) is 24.9. The van der Waals surface area contributed by atoms with Gasteiger partial charge in [0.15, 0.2) is 15.1 Å². The number of allylic oxidation sites excluding steroid dienone is 1. The highest BCUT2D eigenvalue weighted by Crippen LogP contribution is 2.32. The molecule has 2 aromatic carbocycles. The maximum atomic E-state index is 14.0. The van der Waals surface area contributed by atoms with Crippen molar-refractivity contribution in [1.82, 2.24) is 14.5 Å². The second kappa shape index (κ2) is 11.7. The highest BCUT2D eigenvalue weighted by Gasteiger charge is 2.32. The molecular formula is C31H25N5O5S2. The van der Waals surface area contributed by atoms with Crippen molar-refractivity contribution >= 4 is 40.8 Å². The molecule has 3 aromatic heterocycles. The van der Waals surface area contributed by atoms with Gasteiger partial charge >= 0.3 is 0 Å². The van der Waals surface area contributed by atoms with Crippen LogP contribution in [0.3, 0.4) is 0 Å². The first-order chi connectivity index (χ1) is 20.8. The van der Waals surface area contributed by atoms with Crippen molar-refractivity contribution in [3.63, 3.8) is 0 Å². The number of nitrogens with zero attached hydrogens (tertiary/aromatic N) is 3. The molecule has 1 aliphatic heterocycles. The standard InChI is InChI=1S/C31H25N5O5S2/c1-17-14-24(37)35-30(32-17)43-25-13-12-22(41-25)16-23-29(39)36-27(19-8-7-11-21(15-19)40-3)26(18(2)33-31(36)42-23)28(38)34-20-9-5-4-6-10-20/h4-16,27H,1-3H3,(H,34,38)(H,32,35,37)/b23-16+/t27-/m1/s1. The third kappa shape index (κ3) is 5.87. The Kier molecular flexibility index (Phi) is 7.70. The third-order valence-corrected chi connectivity index (χ3v) is 8.42. The van der Waals surface area contributed by atoms with E-state index in [1.807, 2.05) is 42.5 Å². The summed E-state index contributed by atoms with van der Waals surface area (Å²) in [7, 11) is 1.57. The van der Waals surface area contributed by atoms with Crippen LogP contribution in [0.15, 0.2) is 113 Å². The van der Waals surface area contributed by atoms with Gasteiger partial charge in [0.25, 0.3) is 17.0 Å². The number of amides is 1. The van der Waals surface area contributed by atoms with Crippen molar-refractivity contribution in [3.05, 3.63) is 131 Å². The van der Waals surface area contributed by atoms with E-state index >= 15 is 0 Å². The molecule has 0 saturated heterocycles. The van der Waals surface area contributed by atoms with Gasteiger partial charge in [-0.1, -0.05) is 41.7 Å². The number of aromatic amines is 1. The Hall–Kier alpha value is -4.94. The number of para-hydroxylation sites is 1. The number of H-pyrrole nitrogens is 1. The second-order valence-corrected chi connectivity index (χ2v) is 11.6. The quantitative estimate of drug-likeness (QED) is 0.266. The third-order valence-electron chi connectivity index (χ3n) is 6.63. The van der Waals surface area contributed by atoms with E-state index in [9.17, 15) is 14.4 Å². The SMILES string of the molecule is COc1cccc([C@@H]2C(C(=O)Nc3ccccc3)=C(C)N=c3s/c(=C/c4ccc(Sc5nc(C)cc(=O)[nH]5)o4)c(=O)n32)c1. The van der Waals surface area contributed by atoms with Crippen LogP contribution in [0.25, 0.3) is 6.08 Å². The maximum absolute atomic E-state index is 14.0. The van der Waals surface area contributed by atoms with Gasteiger partial charge in [-0.05, 0) is 67.6 Å². The number of fused-ring (bicyclic) bond motifs is 1. The van der Waals surface area contributed by atoms with Crippen LogP contribution < -0.4 is 30.5 Å². The lowest BCUT2D eigenvalue weighted by Gasteiger charge is -2.25. The monoisotopic (exact) mass is 611 g/mol. The van der Waals surface area contributed by atoms with Crippen molar-refractivity contribution in [2.45, 2.75) is 30.1 Å². The van der Waals surface area contributed by atoms with E-state index in [2.05, 4.69) is 20.3 Å². The molecule has 4 heterocycles. The molecule has 0 aliphatic carbocycles. The van der Waals surface area contributed by atoms with E-state index < -0.39 is 6.04 Å². The van der Waals surface area contributed by atoms with E-state index in [-0.39, 0.29) is 17.0 Å². The lowest BCUT2D eigenvalue weighted by Crippen LogP contribution is -2.40. The molecule has 1 aliphatic rings. The van der Waals surface area contributed by atoms with Gasteiger partial charge in [0.1, 0.15) is 11.5 Å². The Bertz CT molecular complexity index is 2130. The summed E-state index contributed by atoms with van der Waals surface area (Å²) in [5.41, 5.74) is 2.22. The van der Waals surface area contributed by atoms with Crippen LogP contribution >= 0.6 is 23.1 Å². The van der Waals surface area contributed by atoms with E-state index in [1.54, 1.807) is 51.3 Å². The molecule has 5 aromatic rings. The molecule has 0 saturated carbocycles. The summed E-state index contributed by atoms with van der Waals surface area (Å²) in [4.78, 5) is 51.6. The van der Waals surface area contributed by atoms with Gasteiger partial charge in [0, 0.05) is 23.5 Å². The zero-order valence-electron chi connectivity index (χ0n) is 23.3. The van der Waals surface area contributed by atoms with Crippen molar-refractivity contribution in [2.75, 3.05) is 12.4 Å². The van der Waals surface area contributed by atoms with Gasteiger partial charge in [0.05, 0.1) is 29.0 Å². The molecular weight excluding hydrogens is 587 g/mol. The Balaban J connectivity index is 1.41. The number of rotatable bonds is 7. The highest BCUT2D eigenvalue weighted by atomic mass is 32.2. The summed E-state index contributed by atoms with van der Waals surface area (Å²) in [6.07, 6.45) is 1.64. The maximum Gasteiger partial charge on any atom is 0.271 e. The van der Waals surface area contributed by atoms with Crippen LogP contribution in [0.2, 0.25) is 0 Å². The summed E-state index contributed by atoms with van der Waals surface area (Å²) in [6.45, 7) is 3.51. The van der Waals surface area contributed by atoms with Crippen LogP contribution in [0.4, 0.5) is 5.69 Å². The normalized spacial score (nSPS) is 14.8. The largest absolute Gasteiger partial charge is 0.497 e. The Morgan fingerprint density at radius 1 is 1.09 bits per heavy atom. The van der Waals surface area contributed by atoms with Gasteiger partial charge in [0.2, 0.25) is 0 Å². The minimum Gasteiger partial charge on any atom is -0.497 e. The molecule has 10 nitrogen and oxygen atoms in total. The average molecular weight is 612 g/mol. The number of aryl methyl sites for hydroxylation is 1. The molecule has 1 amide bonds. The highest BCUT2D eigenvalue weighted by molar-refractivity contribution is 7.99. The lowest BCUT2D eigenvalue weighted by molar-refractivity contribution is -0.113. The fraction of sp³-hybridized carbons (Fsp3) is 0.129. The number of aromatic nitrogens is 3. The second-order valence-electron chi connectivity index (χ2n) is 9.63. The molecule has 1 atom stereocenters. The topological polar surface area (TPSA) is 132 Å². The van der Waals surface area contributed by atoms with Crippen LogP contribution in [-0.4, -0.2) is 27.6 Å². The number of furan rings is 1. The van der Waals surface area contributed by atoms with E-state index in [0.29, 0.717) is 59.3 Å². The number of hydrogen-bond acceptors (Lipinski definition) is 9. The molecule has 6 rings (SSSR count). The molecule has 2 N–H and O–H groups in total. The van der Waals surface area contributed by atoms with E-state index in [1.165, 1.54) is 33.7 Å². The average Bonchev–Trinajstić information content (AvgIpc) is 3.55. The fourth-order valence-corrected chi connectivity index (χ4v) is 6.58. The zero-order chi connectivity index (χ0) is 30.1. The van der Waals surface area contributed by atoms with Crippen LogP contribution in [0.5, 0.6) is 5.75 Å². The van der Waals surface area contributed by atoms with Gasteiger partial charge in [-0.3, -0.25) is 19.0 Å². The van der Waals surface area contributed by atoms with Crippen molar-refractivity contribution < 1.29 is 13.9 Å². The predicted octanol–water partition coefficient (Wildman–Crippen LogP) is 4.02. The number of carbonyl (C=O) groups is 1. The van der Waals surface area contributed by atoms with Gasteiger partial charge in [-0.15, -0.1) is 0 Å². The first-order valence-electron chi connectivity index (χ1n) is 13.2. The van der Waals surface area contributed by atoms with Crippen LogP contribution in [-0.2, 0) is 4.79 Å². The summed E-state index contributed by atoms with van der Waals surface area (Å²) in [6, 6.07) is 20.6. The van der Waals surface area contributed by atoms with Gasteiger partial charge < -0.3 is 19.5 Å². The first kappa shape index (κ1) is 28.2. The van der Waals surface area contributed by atoms with Crippen LogP contribution in [0, 0.1) is 6.92 Å². The van der Waals surface area contributed by atoms with Gasteiger partial charge in [-0.25, -0.2) is 9.98 Å². The Morgan fingerprint density at radius 3 is 2.67 bits per heavy atom. The number of anilines is 1. The molecule has 0 fully saturated rings. The lowest BCUT2D eigenvalue weighted by atomic mass is 9.95. The number of nitrogens with one attached hydrogen (secondary N) is 2. The number of ether oxygens (including phenoxy) is 1. The number of carbonyl (C=O) groups excluding carboxylic acids is 1. The fourth-order valence-electron chi connectivity index (χ4n) is 4.75. The smallest absolute Gasteiger partial charge is 0.271 e. The Morgan fingerprint density at radius 2 is 1.91 bits per heavy atom. The van der Waals surface area contributed by atoms with Crippen molar-refractivity contribution in [2.24, 2.45) is 4.99 Å². The van der Waals surface area contributed by atoms with Crippen molar-refractivity contribution in [1.29, 1.82) is 0 Å². The summed E-state index contributed by atoms with van der Waals surface area (Å²) < 4.78 is 13.3. The summed E-state index contributed by atoms with van der Waals surface area (Å²) >= 11 is 2.38. The number of thiazole rings is 1. The van der Waals surface area contributed by atoms with Crippen LogP contribution in [0.1, 0.15) is 30.0 Å². The van der Waals surface area contributed by atoms with E-state index in [4.69, 9.17) is 9.15 Å². The number of methoxy groups -OCH3 is 1. The number of hydrogen-bond donors (Lipinski definition) is 2. The first-order valence-corrected chi connectivity index (χ1v) is 14.8. The summed E-state index contributed by atoms with van der Waals surface area (Å²) in [5.74, 6) is 0.686. The minimum absolute atomic E-state index is 0.249. The predicted molar refractivity (Wildman–Crippen MR) is 164 cm³/mol. The molecule has 216 valence electrons. The van der Waals surface area contributed by atoms with Gasteiger partial charge in [-0.2, -0.15) is 0 Å². The molecule has 0 spiro atoms. The van der Waals surface area contributed by atoms with E-state index in [0.717, 1.165) is 0 Å². The molecule has 12 heteroatoms. The molecule has 0 unspecified atom stereocenters. The summed E-state index contributed by atoms with van der Waals surface area (Å²) in [5, 5.41) is 3.85. The minimum atomic E-state index is -0.746. The van der Waals surface area contributed by atoms with Crippen molar-refractivity contribution in [3.8, 4) is 5.75 Å². The molecule has 43 heavy (non-hydrogen) atoms. The Labute approximate surface area is 253 Å².